The average molecular weight is 329 g/mol. The molecule has 0 aromatic carbocycles. The number of carbonyl (C=O) groups is 1. The summed E-state index contributed by atoms with van der Waals surface area (Å²) >= 11 is 1.61. The SMILES string of the molecule is O=C(O)Cc1cnc(C(F)F)c(O)c1I. The lowest BCUT2D eigenvalue weighted by molar-refractivity contribution is -0.136. The van der Waals surface area contributed by atoms with Gasteiger partial charge in [-0.2, -0.15) is 0 Å². The summed E-state index contributed by atoms with van der Waals surface area (Å²) in [4.78, 5) is 13.7. The Labute approximate surface area is 97.1 Å². The Bertz CT molecular complexity index is 398. The van der Waals surface area contributed by atoms with E-state index in [0.717, 1.165) is 6.20 Å². The van der Waals surface area contributed by atoms with Gasteiger partial charge < -0.3 is 10.2 Å². The normalized spacial score (nSPS) is 10.7. The fourth-order valence-corrected chi connectivity index (χ4v) is 1.58. The zero-order valence-corrected chi connectivity index (χ0v) is 9.40. The van der Waals surface area contributed by atoms with Crippen molar-refractivity contribution < 1.29 is 23.8 Å². The lowest BCUT2D eigenvalue weighted by Gasteiger charge is -2.07. The van der Waals surface area contributed by atoms with Crippen LogP contribution in [0.25, 0.3) is 0 Å². The molecule has 0 aliphatic heterocycles. The molecule has 0 aliphatic carbocycles. The molecule has 7 heteroatoms. The number of halogens is 3. The van der Waals surface area contributed by atoms with Crippen LogP contribution >= 0.6 is 22.6 Å². The number of nitrogens with zero attached hydrogens (tertiary/aromatic N) is 1. The molecule has 4 nitrogen and oxygen atoms in total. The van der Waals surface area contributed by atoms with E-state index in [1.165, 1.54) is 0 Å². The van der Waals surface area contributed by atoms with E-state index in [2.05, 4.69) is 4.98 Å². The van der Waals surface area contributed by atoms with Crippen molar-refractivity contribution in [2.24, 2.45) is 0 Å². The van der Waals surface area contributed by atoms with E-state index in [4.69, 9.17) is 5.11 Å². The molecule has 0 amide bonds. The van der Waals surface area contributed by atoms with E-state index >= 15 is 0 Å². The van der Waals surface area contributed by atoms with Gasteiger partial charge in [-0.1, -0.05) is 0 Å². The lowest BCUT2D eigenvalue weighted by Crippen LogP contribution is -2.04. The molecule has 2 N–H and O–H groups in total. The molecule has 0 unspecified atom stereocenters. The number of aliphatic carboxylic acids is 1. The van der Waals surface area contributed by atoms with Crippen molar-refractivity contribution in [3.63, 3.8) is 0 Å². The van der Waals surface area contributed by atoms with Crippen LogP contribution in [-0.2, 0) is 11.2 Å². The van der Waals surface area contributed by atoms with Crippen LogP contribution in [0, 0.1) is 3.57 Å². The zero-order chi connectivity index (χ0) is 11.6. The van der Waals surface area contributed by atoms with Gasteiger partial charge in [-0.3, -0.25) is 9.78 Å². The van der Waals surface area contributed by atoms with Gasteiger partial charge in [-0.05, 0) is 28.2 Å². The van der Waals surface area contributed by atoms with Gasteiger partial charge in [0.2, 0.25) is 0 Å². The Kier molecular flexibility index (Phi) is 3.77. The third-order valence-corrected chi connectivity index (χ3v) is 2.84. The summed E-state index contributed by atoms with van der Waals surface area (Å²) in [5.41, 5.74) is -0.515. The van der Waals surface area contributed by atoms with Crippen LogP contribution in [0.2, 0.25) is 0 Å². The highest BCUT2D eigenvalue weighted by Crippen LogP contribution is 2.32. The van der Waals surface area contributed by atoms with Crippen molar-refractivity contribution in [1.29, 1.82) is 0 Å². The lowest BCUT2D eigenvalue weighted by atomic mass is 10.2. The monoisotopic (exact) mass is 329 g/mol. The summed E-state index contributed by atoms with van der Waals surface area (Å²) in [5.74, 6) is -1.76. The topological polar surface area (TPSA) is 70.4 Å². The van der Waals surface area contributed by atoms with Gasteiger partial charge >= 0.3 is 5.97 Å². The molecule has 0 radical (unpaired) electrons. The van der Waals surface area contributed by atoms with Gasteiger partial charge in [0.15, 0.2) is 5.75 Å². The maximum absolute atomic E-state index is 12.3. The smallest absolute Gasteiger partial charge is 0.307 e. The van der Waals surface area contributed by atoms with E-state index in [1.54, 1.807) is 22.6 Å². The predicted octanol–water partition coefficient (Wildman–Crippen LogP) is 1.96. The molecular formula is C8H6F2INO3. The molecule has 1 aromatic rings. The first-order valence-corrected chi connectivity index (χ1v) is 4.87. The van der Waals surface area contributed by atoms with Crippen LogP contribution in [0.1, 0.15) is 17.7 Å². The minimum atomic E-state index is -2.88. The minimum Gasteiger partial charge on any atom is -0.505 e. The molecule has 0 atom stereocenters. The maximum atomic E-state index is 12.3. The molecule has 0 aliphatic rings. The second-order valence-electron chi connectivity index (χ2n) is 2.70. The number of carboxylic acids is 1. The van der Waals surface area contributed by atoms with Crippen molar-refractivity contribution in [2.75, 3.05) is 0 Å². The van der Waals surface area contributed by atoms with Gasteiger partial charge in [0.25, 0.3) is 6.43 Å². The van der Waals surface area contributed by atoms with Crippen LogP contribution in [0.4, 0.5) is 8.78 Å². The summed E-state index contributed by atoms with van der Waals surface area (Å²) in [6.07, 6.45) is -2.20. The molecule has 15 heavy (non-hydrogen) atoms. The molecule has 0 saturated heterocycles. The highest BCUT2D eigenvalue weighted by Gasteiger charge is 2.19. The molecular weight excluding hydrogens is 323 g/mol. The Balaban J connectivity index is 3.15. The number of aromatic nitrogens is 1. The van der Waals surface area contributed by atoms with Crippen molar-refractivity contribution in [2.45, 2.75) is 12.8 Å². The van der Waals surface area contributed by atoms with Crippen LogP contribution in [0.15, 0.2) is 6.20 Å². The third kappa shape index (κ3) is 2.74. The van der Waals surface area contributed by atoms with Crippen LogP contribution in [0.3, 0.4) is 0 Å². The van der Waals surface area contributed by atoms with Crippen molar-refractivity contribution in [3.8, 4) is 5.75 Å². The molecule has 0 saturated carbocycles. The van der Waals surface area contributed by atoms with Crippen LogP contribution < -0.4 is 0 Å². The fraction of sp³-hybridized carbons (Fsp3) is 0.250. The van der Waals surface area contributed by atoms with Gasteiger partial charge in [0, 0.05) is 6.20 Å². The van der Waals surface area contributed by atoms with Crippen LogP contribution in [-0.4, -0.2) is 21.2 Å². The largest absolute Gasteiger partial charge is 0.505 e. The van der Waals surface area contributed by atoms with Gasteiger partial charge in [-0.15, -0.1) is 0 Å². The molecule has 1 rings (SSSR count). The summed E-state index contributed by atoms with van der Waals surface area (Å²) in [6, 6.07) is 0. The Morgan fingerprint density at radius 2 is 2.20 bits per heavy atom. The summed E-state index contributed by atoms with van der Waals surface area (Å²) in [5, 5.41) is 17.8. The predicted molar refractivity (Wildman–Crippen MR) is 54.9 cm³/mol. The van der Waals surface area contributed by atoms with E-state index < -0.39 is 23.8 Å². The Hall–Kier alpha value is -0.990. The maximum Gasteiger partial charge on any atom is 0.307 e. The van der Waals surface area contributed by atoms with E-state index in [-0.39, 0.29) is 15.6 Å². The Morgan fingerprint density at radius 3 is 2.67 bits per heavy atom. The van der Waals surface area contributed by atoms with Gasteiger partial charge in [0.1, 0.15) is 5.69 Å². The highest BCUT2D eigenvalue weighted by molar-refractivity contribution is 14.1. The fourth-order valence-electron chi connectivity index (χ4n) is 0.976. The second-order valence-corrected chi connectivity index (χ2v) is 3.78. The van der Waals surface area contributed by atoms with Crippen molar-refractivity contribution in [1.82, 2.24) is 4.98 Å². The number of pyridine rings is 1. The number of aromatic hydroxyl groups is 1. The number of hydrogen-bond acceptors (Lipinski definition) is 3. The third-order valence-electron chi connectivity index (χ3n) is 1.64. The first kappa shape index (κ1) is 12.1. The minimum absolute atomic E-state index is 0.0975. The highest BCUT2D eigenvalue weighted by atomic mass is 127. The number of hydrogen-bond donors (Lipinski definition) is 2. The summed E-state index contributed by atoms with van der Waals surface area (Å²) in [7, 11) is 0. The molecule has 82 valence electrons. The van der Waals surface area contributed by atoms with E-state index in [0.29, 0.717) is 0 Å². The Morgan fingerprint density at radius 1 is 1.60 bits per heavy atom. The quantitative estimate of drug-likeness (QED) is 0.832. The molecule has 1 heterocycles. The van der Waals surface area contributed by atoms with Gasteiger partial charge in [0.05, 0.1) is 9.99 Å². The molecule has 0 fully saturated rings. The van der Waals surface area contributed by atoms with E-state index in [9.17, 15) is 18.7 Å². The summed E-state index contributed by atoms with van der Waals surface area (Å²) in [6.45, 7) is 0. The number of rotatable bonds is 3. The molecule has 0 spiro atoms. The first-order chi connectivity index (χ1) is 6.93. The van der Waals surface area contributed by atoms with Crippen LogP contribution in [0.5, 0.6) is 5.75 Å². The summed E-state index contributed by atoms with van der Waals surface area (Å²) < 4.78 is 24.6. The van der Waals surface area contributed by atoms with Crippen molar-refractivity contribution in [3.05, 3.63) is 21.0 Å². The second kappa shape index (κ2) is 4.69. The number of alkyl halides is 2. The van der Waals surface area contributed by atoms with Crippen molar-refractivity contribution >= 4 is 28.6 Å². The number of carboxylic acid groups (broad SMARTS) is 1. The van der Waals surface area contributed by atoms with Gasteiger partial charge in [-0.25, -0.2) is 8.78 Å². The average Bonchev–Trinajstić information content (AvgIpc) is 2.12. The zero-order valence-electron chi connectivity index (χ0n) is 7.25. The molecule has 1 aromatic heterocycles. The van der Waals surface area contributed by atoms with E-state index in [1.807, 2.05) is 0 Å². The first-order valence-electron chi connectivity index (χ1n) is 3.79. The molecule has 0 bridgehead atoms. The standard InChI is InChI=1S/C8H6F2INO3/c9-8(10)6-7(15)5(11)3(2-12-6)1-4(13)14/h2,8,15H,1H2,(H,13,14).